The summed E-state index contributed by atoms with van der Waals surface area (Å²) in [7, 11) is 0. The maximum Gasteiger partial charge on any atom is 0.306 e. The van der Waals surface area contributed by atoms with Gasteiger partial charge in [-0.05, 0) is 87.4 Å². The van der Waals surface area contributed by atoms with Gasteiger partial charge in [-0.2, -0.15) is 11.8 Å². The van der Waals surface area contributed by atoms with Crippen LogP contribution in [0.1, 0.15) is 542 Å². The highest BCUT2D eigenvalue weighted by molar-refractivity contribution is 7.99. The van der Waals surface area contributed by atoms with Gasteiger partial charge in [0.1, 0.15) is 31.8 Å². The second-order valence-electron chi connectivity index (χ2n) is 34.0. The lowest BCUT2D eigenvalue weighted by molar-refractivity contribution is -0.144. The van der Waals surface area contributed by atoms with Crippen molar-refractivity contribution >= 4 is 92.8 Å². The molecule has 664 valence electrons. The highest BCUT2D eigenvalue weighted by Crippen LogP contribution is 2.27. The van der Waals surface area contributed by atoms with Crippen LogP contribution in [0, 0.1) is 5.41 Å². The van der Waals surface area contributed by atoms with E-state index in [9.17, 15) is 9.59 Å². The minimum Gasteiger partial charge on any atom is -0.486 e. The van der Waals surface area contributed by atoms with E-state index in [0.29, 0.717) is 84.2 Å². The molecular formula is C99H190O8S5. The molecule has 0 aromatic rings. The summed E-state index contributed by atoms with van der Waals surface area (Å²) < 4.78 is 36.7. The fourth-order valence-corrected chi connectivity index (χ4v) is 16.4. The normalized spacial score (nSPS) is 11.4. The van der Waals surface area contributed by atoms with Gasteiger partial charge in [0.05, 0.1) is 26.1 Å². The molecule has 0 saturated heterocycles. The van der Waals surface area contributed by atoms with Crippen LogP contribution in [0.4, 0.5) is 0 Å². The monoisotopic (exact) mass is 1670 g/mol. The zero-order chi connectivity index (χ0) is 81.7. The van der Waals surface area contributed by atoms with Crippen LogP contribution in [0.3, 0.4) is 0 Å². The zero-order valence-electron chi connectivity index (χ0n) is 75.6. The number of thioether (sulfide) groups is 1. The Kier molecular flexibility index (Phi) is 97.8. The van der Waals surface area contributed by atoms with Crippen molar-refractivity contribution in [1.29, 1.82) is 0 Å². The Bertz CT molecular complexity index is 1730. The molecule has 0 amide bonds. The van der Waals surface area contributed by atoms with E-state index in [2.05, 4.69) is 41.5 Å². The van der Waals surface area contributed by atoms with E-state index >= 15 is 0 Å². The van der Waals surface area contributed by atoms with Gasteiger partial charge >= 0.3 is 11.9 Å². The van der Waals surface area contributed by atoms with Crippen molar-refractivity contribution in [3.8, 4) is 0 Å². The number of hydrogen-bond donors (Lipinski definition) is 0. The van der Waals surface area contributed by atoms with Crippen LogP contribution in [0.15, 0.2) is 0 Å². The molecule has 0 aromatic carbocycles. The van der Waals surface area contributed by atoms with Crippen molar-refractivity contribution in [2.75, 3.05) is 51.1 Å². The molecule has 13 heteroatoms. The summed E-state index contributed by atoms with van der Waals surface area (Å²) in [4.78, 5) is 23.7. The molecule has 0 N–H and O–H groups in total. The van der Waals surface area contributed by atoms with E-state index in [-0.39, 0.29) is 11.9 Å². The number of hydrogen-bond acceptors (Lipinski definition) is 13. The van der Waals surface area contributed by atoms with Gasteiger partial charge in [0.2, 0.25) is 0 Å². The third-order valence-corrected chi connectivity index (χ3v) is 24.8. The Morgan fingerprint density at radius 1 is 0.196 bits per heavy atom. The van der Waals surface area contributed by atoms with Crippen molar-refractivity contribution in [1.82, 2.24) is 0 Å². The van der Waals surface area contributed by atoms with Gasteiger partial charge in [-0.25, -0.2) is 0 Å². The lowest BCUT2D eigenvalue weighted by Crippen LogP contribution is -2.43. The first-order valence-corrected chi connectivity index (χ1v) is 52.3. The Morgan fingerprint density at radius 2 is 0.339 bits per heavy atom. The molecule has 0 bridgehead atoms. The summed E-state index contributed by atoms with van der Waals surface area (Å²) in [5.41, 5.74) is -0.664. The molecule has 0 fully saturated rings. The van der Waals surface area contributed by atoms with Crippen LogP contribution >= 0.6 is 60.6 Å². The van der Waals surface area contributed by atoms with Gasteiger partial charge in [0.15, 0.2) is 20.2 Å². The van der Waals surface area contributed by atoms with Gasteiger partial charge in [-0.1, -0.05) is 465 Å². The third-order valence-electron chi connectivity index (χ3n) is 22.5. The molecular weight excluding hydrogens is 1480 g/mol. The van der Waals surface area contributed by atoms with Crippen LogP contribution in [-0.4, -0.2) is 83.3 Å². The summed E-state index contributed by atoms with van der Waals surface area (Å²) in [5.74, 6) is 1.20. The van der Waals surface area contributed by atoms with Crippen LogP contribution in [0.25, 0.3) is 0 Å². The molecule has 0 atom stereocenters. The lowest BCUT2D eigenvalue weighted by atomic mass is 9.92. The van der Waals surface area contributed by atoms with E-state index in [1.165, 1.54) is 411 Å². The first kappa shape index (κ1) is 113. The third kappa shape index (κ3) is 92.7. The summed E-state index contributed by atoms with van der Waals surface area (Å²) in [6.07, 6.45) is 98.8. The summed E-state index contributed by atoms with van der Waals surface area (Å²) >= 11 is 25.2. The molecule has 0 unspecified atom stereocenters. The number of thiocarbonyl (C=S) groups is 4. The SMILES string of the molecule is CCCCCCCCCCCCCCC(=S)OCC(COC(=S)CCCCCCCCCCCCCC)(COC(=S)CCCCCCCCCCCCCC)COC(=S)CCCCCCCCCCCCCC.CCCCCCCCCCCCCCOC(=O)CCSCCC(=O)OCCCCCCCCCCCCCC. The molecule has 0 spiro atoms. The van der Waals surface area contributed by atoms with Gasteiger partial charge in [-0.3, -0.25) is 9.59 Å². The summed E-state index contributed by atoms with van der Waals surface area (Å²) in [6.45, 7) is 16.1. The Labute approximate surface area is 724 Å². The fraction of sp³-hybridized carbons (Fsp3) is 0.939. The van der Waals surface area contributed by atoms with Gasteiger partial charge in [0.25, 0.3) is 0 Å². The molecule has 0 saturated carbocycles. The van der Waals surface area contributed by atoms with E-state index in [0.717, 1.165) is 77.0 Å². The first-order chi connectivity index (χ1) is 55.0. The smallest absolute Gasteiger partial charge is 0.306 e. The highest BCUT2D eigenvalue weighted by atomic mass is 32.2. The molecule has 0 rings (SSSR count). The molecule has 0 aromatic heterocycles. The molecule has 0 radical (unpaired) electrons. The van der Waals surface area contributed by atoms with Gasteiger partial charge in [-0.15, -0.1) is 0 Å². The van der Waals surface area contributed by atoms with Crippen molar-refractivity contribution in [3.63, 3.8) is 0 Å². The van der Waals surface area contributed by atoms with Crippen molar-refractivity contribution in [2.45, 2.75) is 542 Å². The van der Waals surface area contributed by atoms with Gasteiger partial charge < -0.3 is 28.4 Å². The second kappa shape index (κ2) is 97.0. The molecule has 0 heterocycles. The highest BCUT2D eigenvalue weighted by Gasteiger charge is 2.37. The van der Waals surface area contributed by atoms with Crippen LogP contribution in [0.2, 0.25) is 0 Å². The number of ether oxygens (including phenoxy) is 6. The van der Waals surface area contributed by atoms with Crippen molar-refractivity contribution in [2.24, 2.45) is 5.41 Å². The maximum atomic E-state index is 11.9. The minimum atomic E-state index is -0.664. The lowest BCUT2D eigenvalue weighted by Gasteiger charge is -2.33. The predicted octanol–water partition coefficient (Wildman–Crippen LogP) is 34.7. The maximum absolute atomic E-state index is 11.9. The molecule has 0 aliphatic rings. The van der Waals surface area contributed by atoms with Crippen LogP contribution in [0.5, 0.6) is 0 Å². The average Bonchev–Trinajstić information content (AvgIpc) is 0.853. The molecule has 0 aliphatic carbocycles. The van der Waals surface area contributed by atoms with Crippen LogP contribution < -0.4 is 0 Å². The Hall–Kier alpha value is -1.15. The Morgan fingerprint density at radius 3 is 0.500 bits per heavy atom. The minimum absolute atomic E-state index is 0.111. The zero-order valence-corrected chi connectivity index (χ0v) is 79.7. The summed E-state index contributed by atoms with van der Waals surface area (Å²) in [6, 6.07) is 0. The number of carbonyl (C=O) groups is 2. The standard InChI is InChI=1S/C65H124O4S4.C34H66O4S/c1-5-9-13-17-21-25-29-33-37-41-45-49-53-61(70)66-57-65(58-67-62(71)54-50-46-42-38-34-30-26-22-18-14-10-6-2,59-68-63(72)55-51-47-43-39-35-31-27-23-19-15-11-7-3)60-69-64(73)56-52-48-44-40-36-32-28-24-20-16-12-8-4;1-3-5-7-9-11-13-15-17-19-21-23-25-29-37-33(35)27-31-39-32-28-34(36)38-30-26-24-22-20-18-16-14-12-10-8-6-4-2/h5-60H2,1-4H3;3-32H2,1-2H3. The van der Waals surface area contributed by atoms with E-state index in [4.69, 9.17) is 77.3 Å². The van der Waals surface area contributed by atoms with Crippen molar-refractivity contribution < 1.29 is 38.0 Å². The number of esters is 2. The average molecular weight is 1670 g/mol. The topological polar surface area (TPSA) is 89.5 Å². The number of unbranched alkanes of at least 4 members (excludes halogenated alkanes) is 66. The van der Waals surface area contributed by atoms with Crippen LogP contribution in [-0.2, 0) is 38.0 Å². The Balaban J connectivity index is 0. The van der Waals surface area contributed by atoms with E-state index < -0.39 is 5.41 Å². The molecule has 8 nitrogen and oxygen atoms in total. The summed E-state index contributed by atoms with van der Waals surface area (Å²) in [5, 5.41) is 2.64. The fourth-order valence-electron chi connectivity index (χ4n) is 14.7. The van der Waals surface area contributed by atoms with Gasteiger partial charge in [0, 0.05) is 37.2 Å². The largest absolute Gasteiger partial charge is 0.486 e. The van der Waals surface area contributed by atoms with Crippen molar-refractivity contribution in [3.05, 3.63) is 0 Å². The number of rotatable bonds is 92. The molecule has 0 aliphatic heterocycles. The predicted molar refractivity (Wildman–Crippen MR) is 510 cm³/mol. The number of carbonyl (C=O) groups excluding carboxylic acids is 2. The molecule has 112 heavy (non-hydrogen) atoms. The van der Waals surface area contributed by atoms with E-state index in [1.807, 2.05) is 0 Å². The second-order valence-corrected chi connectivity index (χ2v) is 37.1. The first-order valence-electron chi connectivity index (χ1n) is 49.5. The van der Waals surface area contributed by atoms with E-state index in [1.54, 1.807) is 11.8 Å². The quantitative estimate of drug-likeness (QED) is 0.0329.